The van der Waals surface area contributed by atoms with Crippen LogP contribution < -0.4 is 0 Å². The Balaban J connectivity index is 3.16. The van der Waals surface area contributed by atoms with Gasteiger partial charge in [0.05, 0.1) is 11.1 Å². The molecule has 1 atom stereocenters. The van der Waals surface area contributed by atoms with Crippen LogP contribution >= 0.6 is 0 Å². The van der Waals surface area contributed by atoms with Gasteiger partial charge in [0, 0.05) is 5.92 Å². The number of hydrogen-bond acceptors (Lipinski definition) is 2. The van der Waals surface area contributed by atoms with E-state index in [1.807, 2.05) is 6.92 Å². The molecule has 0 saturated heterocycles. The zero-order valence-electron chi connectivity index (χ0n) is 9.77. The van der Waals surface area contributed by atoms with Crippen LogP contribution in [0, 0.1) is 5.92 Å². The van der Waals surface area contributed by atoms with Gasteiger partial charge in [-0.15, -0.1) is 0 Å². The number of hydrogen-bond donors (Lipinski definition) is 2. The maximum Gasteiger partial charge on any atom is 0.336 e. The summed E-state index contributed by atoms with van der Waals surface area (Å²) in [4.78, 5) is 22.2. The van der Waals surface area contributed by atoms with Gasteiger partial charge in [-0.25, -0.2) is 9.59 Å². The Morgan fingerprint density at radius 1 is 1.29 bits per heavy atom. The van der Waals surface area contributed by atoms with Crippen molar-refractivity contribution in [3.63, 3.8) is 0 Å². The molecule has 0 saturated carbocycles. The molecule has 4 nitrogen and oxygen atoms in total. The topological polar surface area (TPSA) is 74.6 Å². The Morgan fingerprint density at radius 3 is 2.41 bits per heavy atom. The normalized spacial score (nSPS) is 19.6. The maximum absolute atomic E-state index is 11.2. The summed E-state index contributed by atoms with van der Waals surface area (Å²) >= 11 is 0. The van der Waals surface area contributed by atoms with Gasteiger partial charge < -0.3 is 10.2 Å². The number of rotatable bonds is 5. The zero-order chi connectivity index (χ0) is 13.0. The van der Waals surface area contributed by atoms with Crippen LogP contribution in [-0.4, -0.2) is 22.2 Å². The van der Waals surface area contributed by atoms with Gasteiger partial charge in [0.15, 0.2) is 0 Å². The van der Waals surface area contributed by atoms with E-state index < -0.39 is 11.9 Å². The van der Waals surface area contributed by atoms with Crippen molar-refractivity contribution >= 4 is 11.9 Å². The Bertz CT molecular complexity index is 415. The number of allylic oxidation sites excluding steroid dienone is 2. The van der Waals surface area contributed by atoms with Crippen LogP contribution in [0.25, 0.3) is 0 Å². The molecule has 0 aromatic carbocycles. The summed E-state index contributed by atoms with van der Waals surface area (Å²) in [5.41, 5.74) is 0.491. The van der Waals surface area contributed by atoms with Crippen molar-refractivity contribution in [2.24, 2.45) is 5.92 Å². The summed E-state index contributed by atoms with van der Waals surface area (Å²) < 4.78 is 0. The van der Waals surface area contributed by atoms with E-state index in [1.54, 1.807) is 6.08 Å². The molecule has 0 radical (unpaired) electrons. The molecule has 2 N–H and O–H groups in total. The monoisotopic (exact) mass is 236 g/mol. The molecule has 0 bridgehead atoms. The van der Waals surface area contributed by atoms with Crippen LogP contribution in [0.3, 0.4) is 0 Å². The second-order valence-electron chi connectivity index (χ2n) is 4.04. The van der Waals surface area contributed by atoms with Crippen LogP contribution in [0.5, 0.6) is 0 Å². The van der Waals surface area contributed by atoms with E-state index in [4.69, 9.17) is 10.2 Å². The van der Waals surface area contributed by atoms with Gasteiger partial charge in [0.25, 0.3) is 0 Å². The van der Waals surface area contributed by atoms with Crippen molar-refractivity contribution in [3.8, 4) is 0 Å². The van der Waals surface area contributed by atoms with E-state index in [9.17, 15) is 9.59 Å². The molecule has 0 fully saturated rings. The highest BCUT2D eigenvalue weighted by atomic mass is 16.4. The minimum Gasteiger partial charge on any atom is -0.478 e. The number of aliphatic carboxylic acids is 2. The summed E-state index contributed by atoms with van der Waals surface area (Å²) in [7, 11) is 0. The number of unbranched alkanes of at least 4 members (excludes halogenated alkanes) is 1. The summed E-state index contributed by atoms with van der Waals surface area (Å²) in [6.07, 6.45) is 5.31. The molecular formula is C13H16O4. The molecule has 1 aliphatic carbocycles. The SMILES string of the molecule is C=C1C=CC(C(=O)O)=C(C(=O)O)C1CCCC. The molecule has 0 amide bonds. The lowest BCUT2D eigenvalue weighted by Crippen LogP contribution is -2.21. The zero-order valence-corrected chi connectivity index (χ0v) is 9.77. The van der Waals surface area contributed by atoms with Crippen molar-refractivity contribution in [3.05, 3.63) is 35.5 Å². The minimum atomic E-state index is -1.20. The highest BCUT2D eigenvalue weighted by Gasteiger charge is 2.30. The van der Waals surface area contributed by atoms with Crippen LogP contribution in [0.15, 0.2) is 35.5 Å². The molecule has 0 spiro atoms. The van der Waals surface area contributed by atoms with Crippen LogP contribution in [0.4, 0.5) is 0 Å². The number of carboxylic acid groups (broad SMARTS) is 2. The first-order valence-corrected chi connectivity index (χ1v) is 5.56. The molecule has 0 aromatic heterocycles. The molecule has 0 aromatic rings. The smallest absolute Gasteiger partial charge is 0.336 e. The van der Waals surface area contributed by atoms with E-state index in [2.05, 4.69) is 6.58 Å². The Hall–Kier alpha value is -1.84. The molecule has 1 rings (SSSR count). The highest BCUT2D eigenvalue weighted by molar-refractivity contribution is 6.02. The lowest BCUT2D eigenvalue weighted by atomic mass is 9.81. The van der Waals surface area contributed by atoms with Crippen molar-refractivity contribution in [1.82, 2.24) is 0 Å². The third-order valence-electron chi connectivity index (χ3n) is 2.86. The van der Waals surface area contributed by atoms with Crippen LogP contribution in [0.2, 0.25) is 0 Å². The van der Waals surface area contributed by atoms with E-state index in [0.717, 1.165) is 12.8 Å². The Morgan fingerprint density at radius 2 is 1.94 bits per heavy atom. The van der Waals surface area contributed by atoms with Gasteiger partial charge in [-0.1, -0.05) is 32.4 Å². The predicted molar refractivity (Wildman–Crippen MR) is 63.6 cm³/mol. The van der Waals surface area contributed by atoms with Crippen LogP contribution in [0.1, 0.15) is 26.2 Å². The fourth-order valence-electron chi connectivity index (χ4n) is 1.96. The molecule has 0 heterocycles. The van der Waals surface area contributed by atoms with Gasteiger partial charge >= 0.3 is 11.9 Å². The Kier molecular flexibility index (Phi) is 4.26. The quantitative estimate of drug-likeness (QED) is 0.768. The van der Waals surface area contributed by atoms with E-state index in [-0.39, 0.29) is 17.1 Å². The lowest BCUT2D eigenvalue weighted by molar-refractivity contribution is -0.136. The fraction of sp³-hybridized carbons (Fsp3) is 0.385. The average Bonchev–Trinajstić information content (AvgIpc) is 2.26. The Labute approximate surface area is 100.0 Å². The molecule has 1 aliphatic rings. The second-order valence-corrected chi connectivity index (χ2v) is 4.04. The first-order valence-electron chi connectivity index (χ1n) is 5.56. The molecule has 4 heteroatoms. The summed E-state index contributed by atoms with van der Waals surface area (Å²) in [5.74, 6) is -2.76. The predicted octanol–water partition coefficient (Wildman–Crippen LogP) is 2.38. The minimum absolute atomic E-state index is 0.0431. The van der Waals surface area contributed by atoms with Gasteiger partial charge in [-0.05, 0) is 18.1 Å². The molecule has 1 unspecified atom stereocenters. The van der Waals surface area contributed by atoms with E-state index in [0.29, 0.717) is 12.0 Å². The maximum atomic E-state index is 11.2. The summed E-state index contributed by atoms with van der Waals surface area (Å²) in [5, 5.41) is 18.1. The average molecular weight is 236 g/mol. The van der Waals surface area contributed by atoms with Crippen molar-refractivity contribution in [2.75, 3.05) is 0 Å². The van der Waals surface area contributed by atoms with Crippen molar-refractivity contribution < 1.29 is 19.8 Å². The largest absolute Gasteiger partial charge is 0.478 e. The lowest BCUT2D eigenvalue weighted by Gasteiger charge is -2.23. The molecule has 0 aliphatic heterocycles. The third kappa shape index (κ3) is 2.84. The molecular weight excluding hydrogens is 220 g/mol. The van der Waals surface area contributed by atoms with Gasteiger partial charge in [0.1, 0.15) is 0 Å². The second kappa shape index (κ2) is 5.48. The summed E-state index contributed by atoms with van der Waals surface area (Å²) in [6.45, 7) is 5.80. The van der Waals surface area contributed by atoms with Crippen molar-refractivity contribution in [1.29, 1.82) is 0 Å². The molecule has 92 valence electrons. The fourth-order valence-corrected chi connectivity index (χ4v) is 1.96. The van der Waals surface area contributed by atoms with E-state index >= 15 is 0 Å². The first kappa shape index (κ1) is 13.2. The van der Waals surface area contributed by atoms with Gasteiger partial charge in [-0.2, -0.15) is 0 Å². The summed E-state index contributed by atoms with van der Waals surface area (Å²) in [6, 6.07) is 0. The van der Waals surface area contributed by atoms with E-state index in [1.165, 1.54) is 6.08 Å². The first-order chi connectivity index (χ1) is 7.99. The molecule has 17 heavy (non-hydrogen) atoms. The van der Waals surface area contributed by atoms with Gasteiger partial charge in [-0.3, -0.25) is 0 Å². The standard InChI is InChI=1S/C13H16O4/c1-3-4-5-9-8(2)6-7-10(12(14)15)11(9)13(16)17/h6-7,9H,2-5H2,1H3,(H,14,15)(H,16,17). The van der Waals surface area contributed by atoms with Crippen LogP contribution in [-0.2, 0) is 9.59 Å². The highest BCUT2D eigenvalue weighted by Crippen LogP contribution is 2.33. The van der Waals surface area contributed by atoms with Gasteiger partial charge in [0.2, 0.25) is 0 Å². The van der Waals surface area contributed by atoms with Crippen molar-refractivity contribution in [2.45, 2.75) is 26.2 Å². The number of carbonyl (C=O) groups is 2. The number of carboxylic acids is 2. The third-order valence-corrected chi connectivity index (χ3v) is 2.86.